The van der Waals surface area contributed by atoms with Crippen molar-refractivity contribution < 1.29 is 0 Å². The third-order valence-electron chi connectivity index (χ3n) is 3.97. The lowest BCUT2D eigenvalue weighted by atomic mass is 9.95. The van der Waals surface area contributed by atoms with Crippen molar-refractivity contribution in [3.8, 4) is 6.07 Å². The van der Waals surface area contributed by atoms with Crippen molar-refractivity contribution in [2.24, 2.45) is 0 Å². The van der Waals surface area contributed by atoms with Gasteiger partial charge in [0, 0.05) is 11.9 Å². The highest BCUT2D eigenvalue weighted by atomic mass is 35.5. The molecule has 0 spiro atoms. The smallest absolute Gasteiger partial charge is 0.144 e. The number of rotatable bonds is 3. The Kier molecular flexibility index (Phi) is 4.26. The van der Waals surface area contributed by atoms with Crippen LogP contribution in [0.1, 0.15) is 48.3 Å². The summed E-state index contributed by atoms with van der Waals surface area (Å²) in [6.07, 6.45) is 5.98. The van der Waals surface area contributed by atoms with Gasteiger partial charge in [0.15, 0.2) is 0 Å². The lowest BCUT2D eigenvalue weighted by Crippen LogP contribution is -2.14. The molecule has 0 unspecified atom stereocenters. The highest BCUT2D eigenvalue weighted by Crippen LogP contribution is 2.26. The first-order valence-corrected chi connectivity index (χ1v) is 7.86. The number of anilines is 1. The van der Waals surface area contributed by atoms with E-state index in [0.29, 0.717) is 16.4 Å². The number of pyridine rings is 2. The first-order chi connectivity index (χ1) is 10.7. The number of aromatic nitrogens is 2. The summed E-state index contributed by atoms with van der Waals surface area (Å²) in [6.45, 7) is 2.00. The quantitative estimate of drug-likeness (QED) is 0.928. The van der Waals surface area contributed by atoms with Crippen LogP contribution in [0.3, 0.4) is 0 Å². The number of nitrogens with one attached hydrogen (secondary N) is 1. The molecule has 1 N–H and O–H groups in total. The molecule has 0 aliphatic heterocycles. The number of hydrogen-bond donors (Lipinski definition) is 1. The van der Waals surface area contributed by atoms with Gasteiger partial charge >= 0.3 is 0 Å². The van der Waals surface area contributed by atoms with E-state index in [0.717, 1.165) is 24.2 Å². The topological polar surface area (TPSA) is 61.6 Å². The molecule has 22 heavy (non-hydrogen) atoms. The maximum atomic E-state index is 9.38. The van der Waals surface area contributed by atoms with E-state index in [1.54, 1.807) is 6.20 Å². The molecule has 2 aromatic rings. The molecule has 1 atom stereocenters. The van der Waals surface area contributed by atoms with Crippen LogP contribution in [-0.2, 0) is 12.8 Å². The molecule has 0 radical (unpaired) electrons. The highest BCUT2D eigenvalue weighted by molar-refractivity contribution is 6.30. The molecule has 0 bridgehead atoms. The van der Waals surface area contributed by atoms with E-state index in [2.05, 4.69) is 21.4 Å². The summed E-state index contributed by atoms with van der Waals surface area (Å²) in [5, 5.41) is 13.3. The van der Waals surface area contributed by atoms with Crippen LogP contribution < -0.4 is 5.32 Å². The fourth-order valence-electron chi connectivity index (χ4n) is 2.75. The van der Waals surface area contributed by atoms with Gasteiger partial charge in [-0.3, -0.25) is 4.98 Å². The Bertz CT molecular complexity index is 719. The molecule has 4 nitrogen and oxygen atoms in total. The Morgan fingerprint density at radius 1 is 1.32 bits per heavy atom. The molecule has 0 amide bonds. The zero-order chi connectivity index (χ0) is 15.5. The SMILES string of the molecule is C[C@H](Nc1nc2c(cc1C#N)CCCC2)c1ccc(Cl)cn1. The van der Waals surface area contributed by atoms with Crippen molar-refractivity contribution in [3.63, 3.8) is 0 Å². The van der Waals surface area contributed by atoms with Crippen LogP contribution >= 0.6 is 11.6 Å². The molecule has 5 heteroatoms. The summed E-state index contributed by atoms with van der Waals surface area (Å²) in [5.41, 5.74) is 3.80. The van der Waals surface area contributed by atoms with Gasteiger partial charge in [-0.15, -0.1) is 0 Å². The number of hydrogen-bond acceptors (Lipinski definition) is 4. The fourth-order valence-corrected chi connectivity index (χ4v) is 2.86. The second-order valence-corrected chi connectivity index (χ2v) is 6.01. The molecule has 0 saturated carbocycles. The average molecular weight is 313 g/mol. The van der Waals surface area contributed by atoms with Gasteiger partial charge < -0.3 is 5.32 Å². The molecule has 0 saturated heterocycles. The van der Waals surface area contributed by atoms with Gasteiger partial charge in [0.1, 0.15) is 11.9 Å². The van der Waals surface area contributed by atoms with Gasteiger partial charge in [0.2, 0.25) is 0 Å². The minimum atomic E-state index is -0.0430. The standard InChI is InChI=1S/C17H17ClN4/c1-11(15-7-6-14(18)10-20-15)21-17-13(9-19)8-12-4-2-3-5-16(12)22-17/h6-8,10-11H,2-5H2,1H3,(H,21,22)/t11-/m0/s1. The van der Waals surface area contributed by atoms with Crippen molar-refractivity contribution in [2.45, 2.75) is 38.6 Å². The van der Waals surface area contributed by atoms with Crippen LogP contribution in [0.25, 0.3) is 0 Å². The summed E-state index contributed by atoms with van der Waals surface area (Å²) in [6, 6.07) is 7.87. The number of fused-ring (bicyclic) bond motifs is 1. The predicted molar refractivity (Wildman–Crippen MR) is 86.9 cm³/mol. The van der Waals surface area contributed by atoms with Crippen LogP contribution in [0.5, 0.6) is 0 Å². The van der Waals surface area contributed by atoms with Gasteiger partial charge in [-0.1, -0.05) is 11.6 Å². The molecular formula is C17H17ClN4. The average Bonchev–Trinajstić information content (AvgIpc) is 2.54. The largest absolute Gasteiger partial charge is 0.361 e. The van der Waals surface area contributed by atoms with E-state index in [-0.39, 0.29) is 6.04 Å². The van der Waals surface area contributed by atoms with Crippen LogP contribution in [0.15, 0.2) is 24.4 Å². The third kappa shape index (κ3) is 3.05. The Morgan fingerprint density at radius 3 is 2.86 bits per heavy atom. The number of halogens is 1. The van der Waals surface area contributed by atoms with Crippen LogP contribution in [0.2, 0.25) is 5.02 Å². The van der Waals surface area contributed by atoms with E-state index in [1.165, 1.54) is 18.4 Å². The monoisotopic (exact) mass is 312 g/mol. The van der Waals surface area contributed by atoms with Crippen LogP contribution in [-0.4, -0.2) is 9.97 Å². The Labute approximate surface area is 135 Å². The van der Waals surface area contributed by atoms with Gasteiger partial charge in [-0.05, 0) is 56.4 Å². The number of aryl methyl sites for hydroxylation is 2. The molecular weight excluding hydrogens is 296 g/mol. The minimum Gasteiger partial charge on any atom is -0.361 e. The van der Waals surface area contributed by atoms with Crippen molar-refractivity contribution >= 4 is 17.4 Å². The van der Waals surface area contributed by atoms with E-state index in [4.69, 9.17) is 11.6 Å². The van der Waals surface area contributed by atoms with Gasteiger partial charge in [0.25, 0.3) is 0 Å². The fraction of sp³-hybridized carbons (Fsp3) is 0.353. The molecule has 0 fully saturated rings. The zero-order valence-corrected chi connectivity index (χ0v) is 13.2. The van der Waals surface area contributed by atoms with Crippen molar-refractivity contribution in [2.75, 3.05) is 5.32 Å². The van der Waals surface area contributed by atoms with Crippen molar-refractivity contribution in [1.82, 2.24) is 9.97 Å². The maximum Gasteiger partial charge on any atom is 0.144 e. The molecule has 112 valence electrons. The Morgan fingerprint density at radius 2 is 2.14 bits per heavy atom. The predicted octanol–water partition coefficient (Wildman–Crippen LogP) is 4.05. The third-order valence-corrected chi connectivity index (χ3v) is 4.19. The van der Waals surface area contributed by atoms with E-state index in [9.17, 15) is 5.26 Å². The molecule has 2 aromatic heterocycles. The molecule has 1 aliphatic carbocycles. The summed E-state index contributed by atoms with van der Waals surface area (Å²) in [4.78, 5) is 8.99. The summed E-state index contributed by atoms with van der Waals surface area (Å²) >= 11 is 5.87. The number of nitriles is 1. The number of nitrogens with zero attached hydrogens (tertiary/aromatic N) is 3. The van der Waals surface area contributed by atoms with E-state index >= 15 is 0 Å². The van der Waals surface area contributed by atoms with Crippen molar-refractivity contribution in [3.05, 3.63) is 51.9 Å². The van der Waals surface area contributed by atoms with Gasteiger partial charge in [0.05, 0.1) is 22.3 Å². The lowest BCUT2D eigenvalue weighted by molar-refractivity contribution is 0.667. The first-order valence-electron chi connectivity index (χ1n) is 7.48. The first kappa shape index (κ1) is 14.8. The zero-order valence-electron chi connectivity index (χ0n) is 12.4. The summed E-state index contributed by atoms with van der Waals surface area (Å²) in [7, 11) is 0. The summed E-state index contributed by atoms with van der Waals surface area (Å²) in [5.74, 6) is 0.646. The van der Waals surface area contributed by atoms with Crippen LogP contribution in [0.4, 0.5) is 5.82 Å². The van der Waals surface area contributed by atoms with Gasteiger partial charge in [-0.2, -0.15) is 5.26 Å². The minimum absolute atomic E-state index is 0.0430. The molecule has 2 heterocycles. The maximum absolute atomic E-state index is 9.38. The van der Waals surface area contributed by atoms with E-state index in [1.807, 2.05) is 25.1 Å². The van der Waals surface area contributed by atoms with Crippen LogP contribution in [0, 0.1) is 11.3 Å². The summed E-state index contributed by atoms with van der Waals surface area (Å²) < 4.78 is 0. The molecule has 1 aliphatic rings. The second-order valence-electron chi connectivity index (χ2n) is 5.58. The second kappa shape index (κ2) is 6.33. The normalized spacial score (nSPS) is 14.8. The highest BCUT2D eigenvalue weighted by Gasteiger charge is 2.17. The lowest BCUT2D eigenvalue weighted by Gasteiger charge is -2.20. The molecule has 3 rings (SSSR count). The van der Waals surface area contributed by atoms with Gasteiger partial charge in [-0.25, -0.2) is 4.98 Å². The Balaban J connectivity index is 1.88. The Hall–Kier alpha value is -2.12. The van der Waals surface area contributed by atoms with E-state index < -0.39 is 0 Å². The molecule has 0 aromatic carbocycles. The van der Waals surface area contributed by atoms with Crippen molar-refractivity contribution in [1.29, 1.82) is 5.26 Å².